The van der Waals surface area contributed by atoms with Crippen molar-refractivity contribution in [2.45, 2.75) is 0 Å². The normalized spacial score (nSPS) is 10.1. The second-order valence-electron chi connectivity index (χ2n) is 3.05. The molecule has 6 heteroatoms. The third-order valence-corrected chi connectivity index (χ3v) is 2.97. The van der Waals surface area contributed by atoms with Crippen molar-refractivity contribution in [3.05, 3.63) is 39.5 Å². The maximum absolute atomic E-state index is 9.02. The number of nitrogens with two attached hydrogens (primary N) is 1. The van der Waals surface area contributed by atoms with E-state index >= 15 is 0 Å². The SMILES string of the molecule is N#Cc1c(Cl)cccc1-n1cc(Br)c(N)n1. The molecule has 1 aromatic heterocycles. The highest BCUT2D eigenvalue weighted by atomic mass is 79.9. The van der Waals surface area contributed by atoms with E-state index in [1.165, 1.54) is 4.68 Å². The van der Waals surface area contributed by atoms with E-state index < -0.39 is 0 Å². The van der Waals surface area contributed by atoms with E-state index in [-0.39, 0.29) is 0 Å². The van der Waals surface area contributed by atoms with Crippen molar-refractivity contribution in [1.29, 1.82) is 5.26 Å². The fraction of sp³-hybridized carbons (Fsp3) is 0. The molecule has 0 atom stereocenters. The van der Waals surface area contributed by atoms with Gasteiger partial charge in [-0.15, -0.1) is 5.10 Å². The monoisotopic (exact) mass is 296 g/mol. The van der Waals surface area contributed by atoms with E-state index in [0.717, 1.165) is 0 Å². The minimum Gasteiger partial charge on any atom is -0.381 e. The third-order valence-electron chi connectivity index (χ3n) is 2.05. The zero-order valence-corrected chi connectivity index (χ0v) is 10.3. The molecule has 0 saturated carbocycles. The van der Waals surface area contributed by atoms with Gasteiger partial charge in [0.15, 0.2) is 5.82 Å². The van der Waals surface area contributed by atoms with Gasteiger partial charge in [0.05, 0.1) is 20.7 Å². The van der Waals surface area contributed by atoms with Gasteiger partial charge in [-0.2, -0.15) is 5.26 Å². The first-order valence-corrected chi connectivity index (χ1v) is 5.50. The highest BCUT2D eigenvalue weighted by molar-refractivity contribution is 9.10. The maximum atomic E-state index is 9.02. The van der Waals surface area contributed by atoms with Crippen molar-refractivity contribution in [2.24, 2.45) is 0 Å². The number of hydrogen-bond acceptors (Lipinski definition) is 3. The first-order valence-electron chi connectivity index (χ1n) is 4.33. The zero-order chi connectivity index (χ0) is 11.7. The van der Waals surface area contributed by atoms with Crippen LogP contribution in [-0.2, 0) is 0 Å². The van der Waals surface area contributed by atoms with Gasteiger partial charge < -0.3 is 5.73 Å². The minimum atomic E-state index is 0.365. The van der Waals surface area contributed by atoms with Crippen molar-refractivity contribution >= 4 is 33.3 Å². The van der Waals surface area contributed by atoms with Gasteiger partial charge >= 0.3 is 0 Å². The summed E-state index contributed by atoms with van der Waals surface area (Å²) in [6.45, 7) is 0. The summed E-state index contributed by atoms with van der Waals surface area (Å²) >= 11 is 9.17. The van der Waals surface area contributed by atoms with Crippen molar-refractivity contribution in [1.82, 2.24) is 9.78 Å². The molecule has 0 radical (unpaired) electrons. The van der Waals surface area contributed by atoms with Crippen LogP contribution in [0.4, 0.5) is 5.82 Å². The van der Waals surface area contributed by atoms with E-state index in [1.807, 2.05) is 6.07 Å². The molecular formula is C10H6BrClN4. The average Bonchev–Trinajstić information content (AvgIpc) is 2.59. The fourth-order valence-corrected chi connectivity index (χ4v) is 1.79. The van der Waals surface area contributed by atoms with E-state index in [2.05, 4.69) is 21.0 Å². The van der Waals surface area contributed by atoms with Gasteiger partial charge in [0.1, 0.15) is 6.07 Å². The van der Waals surface area contributed by atoms with Crippen LogP contribution < -0.4 is 5.73 Å². The van der Waals surface area contributed by atoms with Crippen LogP contribution >= 0.6 is 27.5 Å². The lowest BCUT2D eigenvalue weighted by molar-refractivity contribution is 0.882. The van der Waals surface area contributed by atoms with Crippen LogP contribution in [0.2, 0.25) is 5.02 Å². The molecule has 0 aliphatic carbocycles. The van der Waals surface area contributed by atoms with Gasteiger partial charge in [0, 0.05) is 6.20 Å². The molecule has 0 aliphatic heterocycles. The van der Waals surface area contributed by atoms with Crippen LogP contribution in [0.3, 0.4) is 0 Å². The lowest BCUT2D eigenvalue weighted by Crippen LogP contribution is -1.99. The molecular weight excluding hydrogens is 291 g/mol. The number of benzene rings is 1. The summed E-state index contributed by atoms with van der Waals surface area (Å²) in [5.41, 5.74) is 6.59. The van der Waals surface area contributed by atoms with Gasteiger partial charge in [0.25, 0.3) is 0 Å². The topological polar surface area (TPSA) is 67.6 Å². The fourth-order valence-electron chi connectivity index (χ4n) is 1.30. The second kappa shape index (κ2) is 4.16. The smallest absolute Gasteiger partial charge is 0.160 e. The van der Waals surface area contributed by atoms with Crippen molar-refractivity contribution in [3.8, 4) is 11.8 Å². The largest absolute Gasteiger partial charge is 0.381 e. The van der Waals surface area contributed by atoms with Crippen LogP contribution in [0.15, 0.2) is 28.9 Å². The summed E-state index contributed by atoms with van der Waals surface area (Å²) in [5, 5.41) is 13.5. The number of aromatic nitrogens is 2. The molecule has 1 heterocycles. The number of anilines is 1. The van der Waals surface area contributed by atoms with Crippen molar-refractivity contribution < 1.29 is 0 Å². The molecule has 2 rings (SSSR count). The van der Waals surface area contributed by atoms with E-state index in [4.69, 9.17) is 22.6 Å². The molecule has 0 amide bonds. The quantitative estimate of drug-likeness (QED) is 0.880. The molecule has 2 aromatic rings. The standard InChI is InChI=1S/C10H6BrClN4/c11-7-5-16(15-10(7)14)9-3-1-2-8(12)6(9)4-13/h1-3,5H,(H2,14,15). The van der Waals surface area contributed by atoms with Crippen LogP contribution in [0.1, 0.15) is 5.56 Å². The Balaban J connectivity index is 2.65. The number of halogens is 2. The Hall–Kier alpha value is -1.51. The molecule has 4 nitrogen and oxygen atoms in total. The van der Waals surface area contributed by atoms with Gasteiger partial charge in [-0.05, 0) is 28.1 Å². The first-order chi connectivity index (χ1) is 7.63. The van der Waals surface area contributed by atoms with E-state index in [9.17, 15) is 0 Å². The van der Waals surface area contributed by atoms with Crippen LogP contribution in [0.5, 0.6) is 0 Å². The van der Waals surface area contributed by atoms with Gasteiger partial charge in [-0.25, -0.2) is 4.68 Å². The van der Waals surface area contributed by atoms with Crippen LogP contribution in [0, 0.1) is 11.3 Å². The summed E-state index contributed by atoms with van der Waals surface area (Å²) in [5.74, 6) is 0.365. The molecule has 0 bridgehead atoms. The average molecular weight is 298 g/mol. The van der Waals surface area contributed by atoms with Crippen molar-refractivity contribution in [2.75, 3.05) is 5.73 Å². The lowest BCUT2D eigenvalue weighted by Gasteiger charge is -2.04. The predicted octanol–water partition coefficient (Wildman–Crippen LogP) is 2.74. The summed E-state index contributed by atoms with van der Waals surface area (Å²) in [6, 6.07) is 7.21. The van der Waals surface area contributed by atoms with E-state index in [0.29, 0.717) is 26.6 Å². The Morgan fingerprint density at radius 3 is 2.81 bits per heavy atom. The molecule has 0 fully saturated rings. The summed E-state index contributed by atoms with van der Waals surface area (Å²) in [7, 11) is 0. The molecule has 0 saturated heterocycles. The zero-order valence-electron chi connectivity index (χ0n) is 7.98. The molecule has 80 valence electrons. The Labute approximate surface area is 105 Å². The summed E-state index contributed by atoms with van der Waals surface area (Å²) < 4.78 is 2.19. The Kier molecular flexibility index (Phi) is 2.86. The molecule has 0 unspecified atom stereocenters. The summed E-state index contributed by atoms with van der Waals surface area (Å²) in [4.78, 5) is 0. The van der Waals surface area contributed by atoms with E-state index in [1.54, 1.807) is 24.4 Å². The van der Waals surface area contributed by atoms with Gasteiger partial charge in [-0.1, -0.05) is 17.7 Å². The van der Waals surface area contributed by atoms with Gasteiger partial charge in [-0.3, -0.25) is 0 Å². The maximum Gasteiger partial charge on any atom is 0.160 e. The number of hydrogen-bond donors (Lipinski definition) is 1. The summed E-state index contributed by atoms with van der Waals surface area (Å²) in [6.07, 6.45) is 1.68. The first kappa shape index (κ1) is 11.0. The number of nitrogen functional groups attached to an aromatic ring is 1. The highest BCUT2D eigenvalue weighted by Gasteiger charge is 2.10. The molecule has 0 aliphatic rings. The Bertz CT molecular complexity index is 565. The minimum absolute atomic E-state index is 0.365. The lowest BCUT2D eigenvalue weighted by atomic mass is 10.2. The molecule has 2 N–H and O–H groups in total. The predicted molar refractivity (Wildman–Crippen MR) is 65.4 cm³/mol. The second-order valence-corrected chi connectivity index (χ2v) is 4.31. The number of nitrogens with zero attached hydrogens (tertiary/aromatic N) is 3. The van der Waals surface area contributed by atoms with Crippen LogP contribution in [0.25, 0.3) is 5.69 Å². The molecule has 16 heavy (non-hydrogen) atoms. The van der Waals surface area contributed by atoms with Crippen LogP contribution in [-0.4, -0.2) is 9.78 Å². The Morgan fingerprint density at radius 2 is 2.25 bits per heavy atom. The Morgan fingerprint density at radius 1 is 1.50 bits per heavy atom. The van der Waals surface area contributed by atoms with Gasteiger partial charge in [0.2, 0.25) is 0 Å². The number of rotatable bonds is 1. The highest BCUT2D eigenvalue weighted by Crippen LogP contribution is 2.25. The third kappa shape index (κ3) is 1.77. The van der Waals surface area contributed by atoms with Crippen molar-refractivity contribution in [3.63, 3.8) is 0 Å². The molecule has 0 spiro atoms. The number of nitriles is 1. The molecule has 1 aromatic carbocycles.